The highest BCUT2D eigenvalue weighted by atomic mass is 16.7. The first-order valence-electron chi connectivity index (χ1n) is 37.7. The number of aliphatic hydroxyl groups excluding tert-OH is 5. The molecule has 6 N–H and O–H groups in total. The molecule has 0 aromatic carbocycles. The summed E-state index contributed by atoms with van der Waals surface area (Å²) in [4.78, 5) is 26.7. The van der Waals surface area contributed by atoms with Crippen LogP contribution in [0.2, 0.25) is 0 Å². The summed E-state index contributed by atoms with van der Waals surface area (Å²) in [5.74, 6) is -1.19. The van der Waals surface area contributed by atoms with Crippen molar-refractivity contribution in [2.24, 2.45) is 0 Å². The zero-order valence-electron chi connectivity index (χ0n) is 57.8. The Morgan fingerprint density at radius 1 is 0.438 bits per heavy atom. The summed E-state index contributed by atoms with van der Waals surface area (Å²) >= 11 is 0. The average Bonchev–Trinajstić information content (AvgIpc) is 1.97. The number of aliphatic hydroxyl groups is 5. The lowest BCUT2D eigenvalue weighted by molar-refractivity contribution is -0.305. The number of amides is 1. The summed E-state index contributed by atoms with van der Waals surface area (Å²) in [5.41, 5.74) is 0. The molecule has 0 radical (unpaired) electrons. The maximum atomic E-state index is 13.5. The number of esters is 1. The number of ether oxygens (including phenoxy) is 3. The maximum Gasteiger partial charge on any atom is 0.306 e. The second-order valence-electron chi connectivity index (χ2n) is 26.0. The Morgan fingerprint density at radius 2 is 0.775 bits per heavy atom. The van der Waals surface area contributed by atoms with Crippen LogP contribution in [0.15, 0.2) is 72.9 Å². The van der Waals surface area contributed by atoms with Gasteiger partial charge in [-0.3, -0.25) is 9.59 Å². The topological polar surface area (TPSA) is 175 Å². The standard InChI is InChI=1S/C78H141NO10/c1-4-7-10-13-16-19-22-24-26-28-30-32-34-35-36-38-39-41-43-45-47-50-53-56-59-62-65-71(82)77(86)79-69(70(81)64-61-58-55-52-49-21-18-15-12-9-6-3)68-87-78-76(75(85)74(84)72(67-80)88-78)89-73(83)66-63-60-57-54-51-48-46-44-42-40-37-33-31-29-27-25-23-20-17-14-11-8-5-2/h16-17,19-20,24-27,31,33,61,64,69-72,74-76,78,80-82,84-85H,4-15,18,21-23,28-30,32,34-60,62-63,65-68H2,1-3H3,(H,79,86)/b19-16-,20-17-,26-24-,27-25-,33-31-,64-61+. The molecule has 0 aromatic rings. The first-order chi connectivity index (χ1) is 43.7. The van der Waals surface area contributed by atoms with Gasteiger partial charge in [-0.2, -0.15) is 0 Å². The van der Waals surface area contributed by atoms with E-state index in [0.717, 1.165) is 83.5 Å². The van der Waals surface area contributed by atoms with Crippen LogP contribution in [0.4, 0.5) is 0 Å². The minimum Gasteiger partial charge on any atom is -0.454 e. The number of unbranched alkanes of at least 4 members (excludes halogenated alkanes) is 41. The zero-order chi connectivity index (χ0) is 64.6. The number of carbonyl (C=O) groups is 2. The van der Waals surface area contributed by atoms with Crippen LogP contribution in [0.5, 0.6) is 0 Å². The number of hydrogen-bond acceptors (Lipinski definition) is 10. The number of nitrogens with one attached hydrogen (secondary N) is 1. The lowest BCUT2D eigenvalue weighted by Crippen LogP contribution is -2.61. The van der Waals surface area contributed by atoms with Crippen molar-refractivity contribution in [3.63, 3.8) is 0 Å². The Bertz CT molecular complexity index is 1730. The van der Waals surface area contributed by atoms with Gasteiger partial charge in [-0.25, -0.2) is 0 Å². The highest BCUT2D eigenvalue weighted by Gasteiger charge is 2.47. The summed E-state index contributed by atoms with van der Waals surface area (Å²) in [6.07, 6.45) is 75.2. The van der Waals surface area contributed by atoms with Gasteiger partial charge in [0.1, 0.15) is 24.4 Å². The van der Waals surface area contributed by atoms with Gasteiger partial charge in [0.15, 0.2) is 12.4 Å². The van der Waals surface area contributed by atoms with Gasteiger partial charge in [0.25, 0.3) is 0 Å². The third-order valence-corrected chi connectivity index (χ3v) is 17.6. The molecule has 0 spiro atoms. The van der Waals surface area contributed by atoms with Crippen LogP contribution in [0, 0.1) is 0 Å². The maximum absolute atomic E-state index is 13.5. The number of rotatable bonds is 65. The Hall–Kier alpha value is -2.90. The second-order valence-corrected chi connectivity index (χ2v) is 26.0. The monoisotopic (exact) mass is 1250 g/mol. The van der Waals surface area contributed by atoms with E-state index in [-0.39, 0.29) is 13.0 Å². The zero-order valence-corrected chi connectivity index (χ0v) is 57.8. The lowest BCUT2D eigenvalue weighted by atomic mass is 9.99. The van der Waals surface area contributed by atoms with Crippen molar-refractivity contribution < 1.29 is 49.3 Å². The van der Waals surface area contributed by atoms with E-state index in [1.54, 1.807) is 6.08 Å². The SMILES string of the molecule is CCCCC/C=C\C/C=C\C/C=C\CCCCCCCCCCCCC(=O)OC1C(OCC(NC(=O)C(O)CCCCCCCCCCCCCCCCCC/C=C\C/C=C\CCCCC)C(O)/C=C/CCCCCCCCCCC)OC(CO)C(O)C1O. The van der Waals surface area contributed by atoms with Crippen LogP contribution >= 0.6 is 0 Å². The van der Waals surface area contributed by atoms with Gasteiger partial charge in [-0.15, -0.1) is 0 Å². The lowest BCUT2D eigenvalue weighted by Gasteiger charge is -2.41. The van der Waals surface area contributed by atoms with Crippen LogP contribution in [0.3, 0.4) is 0 Å². The van der Waals surface area contributed by atoms with Gasteiger partial charge in [-0.05, 0) is 96.3 Å². The first-order valence-corrected chi connectivity index (χ1v) is 37.7. The molecule has 8 unspecified atom stereocenters. The molecule has 0 aromatic heterocycles. The second kappa shape index (κ2) is 65.2. The van der Waals surface area contributed by atoms with Crippen molar-refractivity contribution in [3.05, 3.63) is 72.9 Å². The van der Waals surface area contributed by atoms with E-state index in [0.29, 0.717) is 19.3 Å². The predicted molar refractivity (Wildman–Crippen MR) is 375 cm³/mol. The molecular formula is C78H141NO10. The molecule has 0 aliphatic carbocycles. The molecule has 1 aliphatic rings. The molecule has 11 heteroatoms. The van der Waals surface area contributed by atoms with E-state index in [9.17, 15) is 35.1 Å². The van der Waals surface area contributed by atoms with E-state index in [1.807, 2.05) is 6.08 Å². The van der Waals surface area contributed by atoms with Crippen LogP contribution in [-0.2, 0) is 23.8 Å². The smallest absolute Gasteiger partial charge is 0.306 e. The molecule has 1 aliphatic heterocycles. The molecule has 1 fully saturated rings. The number of hydrogen-bond donors (Lipinski definition) is 6. The van der Waals surface area contributed by atoms with E-state index in [4.69, 9.17) is 14.2 Å². The van der Waals surface area contributed by atoms with Gasteiger partial charge in [0.05, 0.1) is 25.4 Å². The Balaban J connectivity index is 2.51. The van der Waals surface area contributed by atoms with Crippen LogP contribution in [0.25, 0.3) is 0 Å². The Labute approximate surface area is 547 Å². The van der Waals surface area contributed by atoms with Crippen LogP contribution < -0.4 is 5.32 Å². The highest BCUT2D eigenvalue weighted by Crippen LogP contribution is 2.26. The minimum atomic E-state index is -1.62. The molecule has 11 nitrogen and oxygen atoms in total. The van der Waals surface area contributed by atoms with Crippen molar-refractivity contribution in [1.29, 1.82) is 0 Å². The average molecular weight is 1250 g/mol. The number of carbonyl (C=O) groups excluding carboxylic acids is 2. The minimum absolute atomic E-state index is 0.119. The molecular weight excluding hydrogens is 1110 g/mol. The predicted octanol–water partition coefficient (Wildman–Crippen LogP) is 19.9. The molecule has 1 saturated heterocycles. The molecule has 1 amide bonds. The Kier molecular flexibility index (Phi) is 61.6. The first kappa shape index (κ1) is 84.1. The van der Waals surface area contributed by atoms with Crippen molar-refractivity contribution >= 4 is 11.9 Å². The normalized spacial score (nSPS) is 18.5. The summed E-state index contributed by atoms with van der Waals surface area (Å²) < 4.78 is 17.7. The summed E-state index contributed by atoms with van der Waals surface area (Å²) in [5, 5.41) is 57.3. The summed E-state index contributed by atoms with van der Waals surface area (Å²) in [6.45, 7) is 5.77. The van der Waals surface area contributed by atoms with E-state index < -0.39 is 67.4 Å². The molecule has 1 heterocycles. The van der Waals surface area contributed by atoms with Gasteiger partial charge in [0, 0.05) is 6.42 Å². The molecule has 518 valence electrons. The van der Waals surface area contributed by atoms with E-state index >= 15 is 0 Å². The van der Waals surface area contributed by atoms with Gasteiger partial charge in [0.2, 0.25) is 5.91 Å². The molecule has 0 bridgehead atoms. The highest BCUT2D eigenvalue weighted by molar-refractivity contribution is 5.80. The fourth-order valence-electron chi connectivity index (χ4n) is 11.6. The third kappa shape index (κ3) is 52.2. The molecule has 89 heavy (non-hydrogen) atoms. The molecule has 8 atom stereocenters. The molecule has 0 saturated carbocycles. The van der Waals surface area contributed by atoms with Crippen LogP contribution in [-0.4, -0.2) is 99.6 Å². The van der Waals surface area contributed by atoms with Crippen molar-refractivity contribution in [2.45, 2.75) is 397 Å². The fourth-order valence-corrected chi connectivity index (χ4v) is 11.6. The van der Waals surface area contributed by atoms with Gasteiger partial charge in [-0.1, -0.05) is 318 Å². The quantitative estimate of drug-likeness (QED) is 0.0195. The van der Waals surface area contributed by atoms with E-state index in [2.05, 4.69) is 86.8 Å². The Morgan fingerprint density at radius 3 is 1.18 bits per heavy atom. The molecule has 1 rings (SSSR count). The van der Waals surface area contributed by atoms with Crippen LogP contribution in [0.1, 0.15) is 348 Å². The van der Waals surface area contributed by atoms with Crippen molar-refractivity contribution in [2.75, 3.05) is 13.2 Å². The van der Waals surface area contributed by atoms with Gasteiger partial charge >= 0.3 is 5.97 Å². The fraction of sp³-hybridized carbons (Fsp3) is 0.821. The summed E-state index contributed by atoms with van der Waals surface area (Å²) in [7, 11) is 0. The van der Waals surface area contributed by atoms with Gasteiger partial charge < -0.3 is 45.1 Å². The van der Waals surface area contributed by atoms with Crippen molar-refractivity contribution in [3.8, 4) is 0 Å². The van der Waals surface area contributed by atoms with E-state index in [1.165, 1.54) is 218 Å². The number of allylic oxidation sites excluding steroid dienone is 11. The third-order valence-electron chi connectivity index (χ3n) is 17.6. The summed E-state index contributed by atoms with van der Waals surface area (Å²) in [6, 6.07) is -1.03. The van der Waals surface area contributed by atoms with Crippen molar-refractivity contribution in [1.82, 2.24) is 5.32 Å². The largest absolute Gasteiger partial charge is 0.454 e.